The number of nitrogens with zero attached hydrogens (tertiary/aromatic N) is 5. The third-order valence-electron chi connectivity index (χ3n) is 2.81. The number of aromatic nitrogens is 5. The number of carbonyl (C=O) groups is 1. The Labute approximate surface area is 111 Å². The van der Waals surface area contributed by atoms with Crippen LogP contribution in [0.2, 0.25) is 0 Å². The molecule has 0 saturated carbocycles. The molecule has 1 unspecified atom stereocenters. The second kappa shape index (κ2) is 6.12. The molecule has 7 heteroatoms. The maximum Gasteiger partial charge on any atom is 0.221 e. The summed E-state index contributed by atoms with van der Waals surface area (Å²) in [4.78, 5) is 15.5. The molecule has 0 radical (unpaired) electrons. The van der Waals surface area contributed by atoms with Crippen molar-refractivity contribution in [3.05, 3.63) is 30.6 Å². The van der Waals surface area contributed by atoms with Crippen LogP contribution in [0.15, 0.2) is 25.0 Å². The molecule has 0 spiro atoms. The van der Waals surface area contributed by atoms with Gasteiger partial charge in [0.2, 0.25) is 5.91 Å². The zero-order valence-corrected chi connectivity index (χ0v) is 11.2. The Morgan fingerprint density at radius 1 is 1.47 bits per heavy atom. The molecule has 102 valence electrons. The molecular weight excluding hydrogens is 244 g/mol. The zero-order valence-electron chi connectivity index (χ0n) is 11.2. The minimum absolute atomic E-state index is 0.00577. The van der Waals surface area contributed by atoms with Gasteiger partial charge in [0.25, 0.3) is 0 Å². The van der Waals surface area contributed by atoms with Crippen LogP contribution in [0, 0.1) is 6.92 Å². The van der Waals surface area contributed by atoms with Crippen molar-refractivity contribution >= 4 is 5.91 Å². The third-order valence-corrected chi connectivity index (χ3v) is 2.81. The van der Waals surface area contributed by atoms with Crippen LogP contribution < -0.4 is 5.32 Å². The van der Waals surface area contributed by atoms with Crippen LogP contribution in [0.3, 0.4) is 0 Å². The lowest BCUT2D eigenvalue weighted by Gasteiger charge is -2.13. The van der Waals surface area contributed by atoms with Gasteiger partial charge in [-0.15, -0.1) is 0 Å². The Bertz CT molecular complexity index is 518. The molecular formula is C12H18N6O. The first-order valence-electron chi connectivity index (χ1n) is 6.25. The SMILES string of the molecule is Cc1cnn(C(C)CNC(=O)CCn2cncn2)c1. The predicted molar refractivity (Wildman–Crippen MR) is 69.3 cm³/mol. The summed E-state index contributed by atoms with van der Waals surface area (Å²) < 4.78 is 3.49. The second-order valence-corrected chi connectivity index (χ2v) is 4.56. The first-order valence-corrected chi connectivity index (χ1v) is 6.25. The summed E-state index contributed by atoms with van der Waals surface area (Å²) in [6.45, 7) is 5.12. The van der Waals surface area contributed by atoms with E-state index < -0.39 is 0 Å². The van der Waals surface area contributed by atoms with Gasteiger partial charge in [-0.1, -0.05) is 0 Å². The molecule has 19 heavy (non-hydrogen) atoms. The van der Waals surface area contributed by atoms with E-state index in [4.69, 9.17) is 0 Å². The molecule has 1 atom stereocenters. The molecule has 1 amide bonds. The van der Waals surface area contributed by atoms with Gasteiger partial charge in [-0.2, -0.15) is 10.2 Å². The summed E-state index contributed by atoms with van der Waals surface area (Å²) in [6.07, 6.45) is 7.23. The van der Waals surface area contributed by atoms with Gasteiger partial charge in [0.15, 0.2) is 0 Å². The summed E-state index contributed by atoms with van der Waals surface area (Å²) in [5.74, 6) is 0.00577. The van der Waals surface area contributed by atoms with E-state index in [1.807, 2.05) is 30.9 Å². The smallest absolute Gasteiger partial charge is 0.221 e. The lowest BCUT2D eigenvalue weighted by atomic mass is 10.3. The molecule has 0 aliphatic rings. The van der Waals surface area contributed by atoms with Gasteiger partial charge >= 0.3 is 0 Å². The monoisotopic (exact) mass is 262 g/mol. The van der Waals surface area contributed by atoms with Crippen LogP contribution in [0.1, 0.15) is 24.9 Å². The molecule has 1 N–H and O–H groups in total. The average Bonchev–Trinajstić information content (AvgIpc) is 3.04. The molecule has 0 aliphatic heterocycles. The Kier molecular flexibility index (Phi) is 4.27. The van der Waals surface area contributed by atoms with Gasteiger partial charge in [-0.05, 0) is 19.4 Å². The van der Waals surface area contributed by atoms with Crippen LogP contribution >= 0.6 is 0 Å². The Hall–Kier alpha value is -2.18. The highest BCUT2D eigenvalue weighted by Crippen LogP contribution is 2.04. The predicted octanol–water partition coefficient (Wildman–Crippen LogP) is 0.551. The summed E-state index contributed by atoms with van der Waals surface area (Å²) in [5.41, 5.74) is 1.12. The fourth-order valence-corrected chi connectivity index (χ4v) is 1.68. The molecule has 7 nitrogen and oxygen atoms in total. The lowest BCUT2D eigenvalue weighted by Crippen LogP contribution is -2.30. The Morgan fingerprint density at radius 2 is 2.32 bits per heavy atom. The molecule has 0 aromatic carbocycles. The summed E-state index contributed by atoms with van der Waals surface area (Å²) >= 11 is 0. The number of amides is 1. The minimum atomic E-state index is 0.00577. The molecule has 0 aliphatic carbocycles. The molecule has 2 heterocycles. The zero-order chi connectivity index (χ0) is 13.7. The highest BCUT2D eigenvalue weighted by molar-refractivity contribution is 5.75. The topological polar surface area (TPSA) is 77.6 Å². The van der Waals surface area contributed by atoms with Gasteiger partial charge in [0, 0.05) is 19.2 Å². The van der Waals surface area contributed by atoms with Crippen molar-refractivity contribution in [3.8, 4) is 0 Å². The number of hydrogen-bond acceptors (Lipinski definition) is 4. The first kappa shape index (κ1) is 13.3. The van der Waals surface area contributed by atoms with Gasteiger partial charge in [-0.25, -0.2) is 4.98 Å². The van der Waals surface area contributed by atoms with Crippen molar-refractivity contribution in [2.45, 2.75) is 32.9 Å². The Balaban J connectivity index is 1.71. The highest BCUT2D eigenvalue weighted by Gasteiger charge is 2.08. The quantitative estimate of drug-likeness (QED) is 0.824. The normalized spacial score (nSPS) is 12.3. The lowest BCUT2D eigenvalue weighted by molar-refractivity contribution is -0.121. The van der Waals surface area contributed by atoms with Gasteiger partial charge < -0.3 is 5.32 Å². The number of rotatable bonds is 6. The maximum absolute atomic E-state index is 11.7. The van der Waals surface area contributed by atoms with E-state index in [0.29, 0.717) is 19.5 Å². The van der Waals surface area contributed by atoms with E-state index in [0.717, 1.165) is 5.56 Å². The summed E-state index contributed by atoms with van der Waals surface area (Å²) in [6, 6.07) is 0.143. The molecule has 2 aromatic heterocycles. The van der Waals surface area contributed by atoms with E-state index in [9.17, 15) is 4.79 Å². The maximum atomic E-state index is 11.7. The summed E-state index contributed by atoms with van der Waals surface area (Å²) in [7, 11) is 0. The average molecular weight is 262 g/mol. The van der Waals surface area contributed by atoms with Crippen LogP contribution in [-0.4, -0.2) is 37.0 Å². The molecule has 2 aromatic rings. The second-order valence-electron chi connectivity index (χ2n) is 4.56. The van der Waals surface area contributed by atoms with Gasteiger partial charge in [0.05, 0.1) is 18.8 Å². The molecule has 0 saturated heterocycles. The third kappa shape index (κ3) is 3.90. The molecule has 2 rings (SSSR count). The fraction of sp³-hybridized carbons (Fsp3) is 0.500. The summed E-state index contributed by atoms with van der Waals surface area (Å²) in [5, 5.41) is 11.1. The van der Waals surface area contributed by atoms with Crippen molar-refractivity contribution < 1.29 is 4.79 Å². The van der Waals surface area contributed by atoms with Crippen LogP contribution in [0.4, 0.5) is 0 Å². The molecule has 0 bridgehead atoms. The molecule has 0 fully saturated rings. The van der Waals surface area contributed by atoms with E-state index >= 15 is 0 Å². The van der Waals surface area contributed by atoms with E-state index in [2.05, 4.69) is 20.5 Å². The minimum Gasteiger partial charge on any atom is -0.354 e. The van der Waals surface area contributed by atoms with Crippen LogP contribution in [0.5, 0.6) is 0 Å². The van der Waals surface area contributed by atoms with Crippen LogP contribution in [0.25, 0.3) is 0 Å². The van der Waals surface area contributed by atoms with Crippen LogP contribution in [-0.2, 0) is 11.3 Å². The Morgan fingerprint density at radius 3 is 2.95 bits per heavy atom. The number of hydrogen-bond donors (Lipinski definition) is 1. The van der Waals surface area contributed by atoms with E-state index in [-0.39, 0.29) is 11.9 Å². The highest BCUT2D eigenvalue weighted by atomic mass is 16.1. The van der Waals surface area contributed by atoms with Gasteiger partial charge in [0.1, 0.15) is 12.7 Å². The van der Waals surface area contributed by atoms with Crippen molar-refractivity contribution in [2.24, 2.45) is 0 Å². The first-order chi connectivity index (χ1) is 9.15. The fourth-order valence-electron chi connectivity index (χ4n) is 1.68. The van der Waals surface area contributed by atoms with Crippen molar-refractivity contribution in [1.29, 1.82) is 0 Å². The largest absolute Gasteiger partial charge is 0.354 e. The number of nitrogens with one attached hydrogen (secondary N) is 1. The van der Waals surface area contributed by atoms with E-state index in [1.165, 1.54) is 6.33 Å². The van der Waals surface area contributed by atoms with Crippen molar-refractivity contribution in [3.63, 3.8) is 0 Å². The van der Waals surface area contributed by atoms with Gasteiger partial charge in [-0.3, -0.25) is 14.2 Å². The number of aryl methyl sites for hydroxylation is 2. The van der Waals surface area contributed by atoms with Crippen molar-refractivity contribution in [1.82, 2.24) is 29.9 Å². The van der Waals surface area contributed by atoms with Crippen molar-refractivity contribution in [2.75, 3.05) is 6.54 Å². The van der Waals surface area contributed by atoms with E-state index in [1.54, 1.807) is 11.0 Å². The number of carbonyl (C=O) groups excluding carboxylic acids is 1. The standard InChI is InChI=1S/C12H18N6O/c1-10-5-15-18(7-10)11(2)6-14-12(19)3-4-17-9-13-8-16-17/h5,7-9,11H,3-4,6H2,1-2H3,(H,14,19).